The van der Waals surface area contributed by atoms with Crippen LogP contribution in [0.2, 0.25) is 0 Å². The Morgan fingerprint density at radius 1 is 1.45 bits per heavy atom. The average molecular weight is 296 g/mol. The molecule has 2 aromatic rings. The molecule has 0 bridgehead atoms. The summed E-state index contributed by atoms with van der Waals surface area (Å²) >= 11 is 0. The zero-order valence-electron chi connectivity index (χ0n) is 10.4. The number of pyridine rings is 1. The van der Waals surface area contributed by atoms with Crippen LogP contribution in [0.15, 0.2) is 35.6 Å². The zero-order chi connectivity index (χ0) is 14.8. The van der Waals surface area contributed by atoms with Crippen molar-refractivity contribution < 1.29 is 18.3 Å². The van der Waals surface area contributed by atoms with Crippen LogP contribution in [0.25, 0.3) is 0 Å². The molecule has 0 aliphatic heterocycles. The maximum Gasteiger partial charge on any atom is 0.340 e. The third-order valence-electron chi connectivity index (χ3n) is 2.57. The number of rotatable bonds is 5. The van der Waals surface area contributed by atoms with E-state index in [1.807, 2.05) is 0 Å². The fourth-order valence-corrected chi connectivity index (χ4v) is 2.92. The van der Waals surface area contributed by atoms with Crippen molar-refractivity contribution in [3.63, 3.8) is 0 Å². The van der Waals surface area contributed by atoms with Gasteiger partial charge >= 0.3 is 5.97 Å². The molecule has 0 aliphatic rings. The van der Waals surface area contributed by atoms with E-state index in [9.17, 15) is 13.2 Å². The molecule has 8 nitrogen and oxygen atoms in total. The maximum atomic E-state index is 12.1. The van der Waals surface area contributed by atoms with Crippen molar-refractivity contribution >= 4 is 16.0 Å². The highest BCUT2D eigenvalue weighted by atomic mass is 32.2. The molecule has 0 amide bonds. The van der Waals surface area contributed by atoms with Crippen LogP contribution < -0.4 is 4.72 Å². The fourth-order valence-electron chi connectivity index (χ4n) is 1.62. The van der Waals surface area contributed by atoms with Crippen molar-refractivity contribution in [2.45, 2.75) is 18.0 Å². The summed E-state index contributed by atoms with van der Waals surface area (Å²) in [4.78, 5) is 15.0. The van der Waals surface area contributed by atoms with Gasteiger partial charge in [0.05, 0.1) is 17.9 Å². The SMILES string of the molecule is CC(NS(=O)(=O)c1[nH]ncc1C(=O)O)c1ccccn1. The Labute approximate surface area is 114 Å². The normalized spacial score (nSPS) is 13.1. The first-order chi connectivity index (χ1) is 9.42. The third kappa shape index (κ3) is 2.83. The first kappa shape index (κ1) is 14.2. The lowest BCUT2D eigenvalue weighted by atomic mass is 10.2. The summed E-state index contributed by atoms with van der Waals surface area (Å²) < 4.78 is 26.6. The number of aromatic carboxylic acids is 1. The molecule has 9 heteroatoms. The Bertz CT molecular complexity index is 711. The standard InChI is InChI=1S/C11H12N4O4S/c1-7(9-4-2-3-5-12-9)15-20(18,19)10-8(11(16)17)6-13-14-10/h2-7,15H,1H3,(H,13,14)(H,16,17). The first-order valence-electron chi connectivity index (χ1n) is 5.61. The van der Waals surface area contributed by atoms with Crippen LogP contribution >= 0.6 is 0 Å². The van der Waals surface area contributed by atoms with Gasteiger partial charge in [-0.25, -0.2) is 17.9 Å². The van der Waals surface area contributed by atoms with Crippen molar-refractivity contribution in [2.75, 3.05) is 0 Å². The summed E-state index contributed by atoms with van der Waals surface area (Å²) in [7, 11) is -4.03. The second kappa shape index (κ2) is 5.39. The highest BCUT2D eigenvalue weighted by molar-refractivity contribution is 7.89. The average Bonchev–Trinajstić information content (AvgIpc) is 2.89. The summed E-state index contributed by atoms with van der Waals surface area (Å²) in [5.41, 5.74) is 0.109. The highest BCUT2D eigenvalue weighted by Gasteiger charge is 2.26. The van der Waals surface area contributed by atoms with Crippen LogP contribution in [0.4, 0.5) is 0 Å². The number of nitrogens with zero attached hydrogens (tertiary/aromatic N) is 2. The smallest absolute Gasteiger partial charge is 0.340 e. The Morgan fingerprint density at radius 3 is 2.80 bits per heavy atom. The van der Waals surface area contributed by atoms with Crippen molar-refractivity contribution in [1.82, 2.24) is 19.9 Å². The molecule has 0 radical (unpaired) electrons. The van der Waals surface area contributed by atoms with Gasteiger partial charge < -0.3 is 5.11 Å². The number of hydrogen-bond acceptors (Lipinski definition) is 5. The predicted molar refractivity (Wildman–Crippen MR) is 68.5 cm³/mol. The van der Waals surface area contributed by atoms with Gasteiger partial charge in [0.2, 0.25) is 0 Å². The molecule has 106 valence electrons. The maximum absolute atomic E-state index is 12.1. The van der Waals surface area contributed by atoms with Gasteiger partial charge in [0, 0.05) is 6.20 Å². The monoisotopic (exact) mass is 296 g/mol. The van der Waals surface area contributed by atoms with Crippen molar-refractivity contribution in [3.8, 4) is 0 Å². The minimum atomic E-state index is -4.03. The minimum Gasteiger partial charge on any atom is -0.478 e. The number of nitrogens with one attached hydrogen (secondary N) is 2. The molecule has 0 aromatic carbocycles. The van der Waals surface area contributed by atoms with Crippen LogP contribution in [-0.4, -0.2) is 34.7 Å². The number of hydrogen-bond donors (Lipinski definition) is 3. The lowest BCUT2D eigenvalue weighted by molar-refractivity contribution is 0.0692. The van der Waals surface area contributed by atoms with Gasteiger partial charge in [-0.05, 0) is 19.1 Å². The molecular formula is C11H12N4O4S. The van der Waals surface area contributed by atoms with Gasteiger partial charge in [-0.3, -0.25) is 10.1 Å². The van der Waals surface area contributed by atoms with E-state index in [-0.39, 0.29) is 0 Å². The van der Waals surface area contributed by atoms with Crippen molar-refractivity contribution in [3.05, 3.63) is 41.9 Å². The number of carbonyl (C=O) groups is 1. The number of carboxylic acid groups (broad SMARTS) is 1. The number of aromatic amines is 1. The highest BCUT2D eigenvalue weighted by Crippen LogP contribution is 2.16. The fraction of sp³-hybridized carbons (Fsp3) is 0.182. The molecule has 1 atom stereocenters. The summed E-state index contributed by atoms with van der Waals surface area (Å²) in [5, 5.41) is 14.1. The largest absolute Gasteiger partial charge is 0.478 e. The third-order valence-corrected chi connectivity index (χ3v) is 4.08. The van der Waals surface area contributed by atoms with Gasteiger partial charge in [0.15, 0.2) is 5.03 Å². The molecule has 0 spiro atoms. The minimum absolute atomic E-state index is 0.411. The van der Waals surface area contributed by atoms with Gasteiger partial charge in [0.1, 0.15) is 5.56 Å². The lowest BCUT2D eigenvalue weighted by Gasteiger charge is -2.12. The Morgan fingerprint density at radius 2 is 2.20 bits per heavy atom. The van der Waals surface area contributed by atoms with E-state index in [4.69, 9.17) is 5.11 Å². The van der Waals surface area contributed by atoms with Crippen molar-refractivity contribution in [2.24, 2.45) is 0 Å². The molecule has 0 fully saturated rings. The molecule has 2 aromatic heterocycles. The molecular weight excluding hydrogens is 284 g/mol. The van der Waals surface area contributed by atoms with E-state index in [0.717, 1.165) is 6.20 Å². The second-order valence-corrected chi connectivity index (χ2v) is 5.67. The van der Waals surface area contributed by atoms with Gasteiger partial charge in [0.25, 0.3) is 10.0 Å². The van der Waals surface area contributed by atoms with E-state index in [1.54, 1.807) is 31.3 Å². The van der Waals surface area contributed by atoms with Crippen LogP contribution in [0.3, 0.4) is 0 Å². The molecule has 1 unspecified atom stereocenters. The van der Waals surface area contributed by atoms with Crippen LogP contribution in [-0.2, 0) is 10.0 Å². The van der Waals surface area contributed by atoms with Gasteiger partial charge in [-0.1, -0.05) is 6.07 Å². The number of aromatic nitrogens is 3. The second-order valence-electron chi connectivity index (χ2n) is 4.02. The number of carboxylic acids is 1. The summed E-state index contributed by atoms with van der Waals surface area (Å²) in [6.07, 6.45) is 2.49. The number of H-pyrrole nitrogens is 1. The summed E-state index contributed by atoms with van der Waals surface area (Å²) in [6.45, 7) is 1.61. The summed E-state index contributed by atoms with van der Waals surface area (Å²) in [5.74, 6) is -1.37. The van der Waals surface area contributed by atoms with E-state index < -0.39 is 32.6 Å². The van der Waals surface area contributed by atoms with E-state index in [1.165, 1.54) is 0 Å². The Balaban J connectivity index is 2.28. The molecule has 0 saturated heterocycles. The van der Waals surface area contributed by atoms with Crippen LogP contribution in [0, 0.1) is 0 Å². The van der Waals surface area contributed by atoms with Crippen LogP contribution in [0.5, 0.6) is 0 Å². The molecule has 0 aliphatic carbocycles. The topological polar surface area (TPSA) is 125 Å². The van der Waals surface area contributed by atoms with Gasteiger partial charge in [-0.2, -0.15) is 5.10 Å². The molecule has 0 saturated carbocycles. The number of sulfonamides is 1. The Kier molecular flexibility index (Phi) is 3.81. The summed E-state index contributed by atoms with van der Waals surface area (Å²) in [6, 6.07) is 4.50. The zero-order valence-corrected chi connectivity index (χ0v) is 11.3. The molecule has 20 heavy (non-hydrogen) atoms. The first-order valence-corrected chi connectivity index (χ1v) is 7.10. The molecule has 2 rings (SSSR count). The predicted octanol–water partition coefficient (Wildman–Crippen LogP) is 0.542. The van der Waals surface area contributed by atoms with E-state index in [0.29, 0.717) is 5.69 Å². The molecule has 2 heterocycles. The lowest BCUT2D eigenvalue weighted by Crippen LogP contribution is -2.28. The van der Waals surface area contributed by atoms with E-state index >= 15 is 0 Å². The Hall–Kier alpha value is -2.26. The van der Waals surface area contributed by atoms with Gasteiger partial charge in [-0.15, -0.1) is 0 Å². The quantitative estimate of drug-likeness (QED) is 0.739. The van der Waals surface area contributed by atoms with Crippen LogP contribution in [0.1, 0.15) is 29.0 Å². The molecule has 3 N–H and O–H groups in total. The van der Waals surface area contributed by atoms with E-state index in [2.05, 4.69) is 19.9 Å². The van der Waals surface area contributed by atoms with Crippen molar-refractivity contribution in [1.29, 1.82) is 0 Å².